The fourth-order valence-corrected chi connectivity index (χ4v) is 3.08. The molecule has 2 rings (SSSR count). The van der Waals surface area contributed by atoms with Crippen molar-refractivity contribution in [2.45, 2.75) is 17.6 Å². The first-order valence-corrected chi connectivity index (χ1v) is 6.24. The average Bonchev–Trinajstić information content (AvgIpc) is 2.66. The third-order valence-electron chi connectivity index (χ3n) is 2.44. The summed E-state index contributed by atoms with van der Waals surface area (Å²) in [5.41, 5.74) is 0. The lowest BCUT2D eigenvalue weighted by Gasteiger charge is -2.14. The van der Waals surface area contributed by atoms with Gasteiger partial charge in [0.15, 0.2) is 5.82 Å². The topological polar surface area (TPSA) is 70.5 Å². The molecular weight excluding hydrogens is 235 g/mol. The number of nitrogens with zero attached hydrogens (tertiary/aromatic N) is 2. The predicted octanol–water partition coefficient (Wildman–Crippen LogP) is -0.0240. The normalized spacial score (nSPS) is 22.5. The largest absolute Gasteiger partial charge is 0.392 e. The second kappa shape index (κ2) is 4.08. The van der Waals surface area contributed by atoms with E-state index in [0.29, 0.717) is 6.42 Å². The van der Waals surface area contributed by atoms with E-state index in [1.54, 1.807) is 0 Å². The van der Waals surface area contributed by atoms with Crippen LogP contribution in [0.1, 0.15) is 6.42 Å². The molecule has 7 heteroatoms. The molecule has 0 unspecified atom stereocenters. The first-order chi connectivity index (χ1) is 7.51. The van der Waals surface area contributed by atoms with E-state index in [1.807, 2.05) is 0 Å². The van der Waals surface area contributed by atoms with Gasteiger partial charge >= 0.3 is 0 Å². The maximum Gasteiger partial charge on any atom is 0.263 e. The summed E-state index contributed by atoms with van der Waals surface area (Å²) in [5.74, 6) is -0.871. The zero-order valence-corrected chi connectivity index (χ0v) is 9.19. The summed E-state index contributed by atoms with van der Waals surface area (Å²) < 4.78 is 38.2. The molecule has 0 radical (unpaired) electrons. The highest BCUT2D eigenvalue weighted by Crippen LogP contribution is 2.21. The number of hydrogen-bond acceptors (Lipinski definition) is 4. The second-order valence-corrected chi connectivity index (χ2v) is 5.45. The molecule has 16 heavy (non-hydrogen) atoms. The highest BCUT2D eigenvalue weighted by Gasteiger charge is 2.34. The maximum atomic E-state index is 13.3. The van der Waals surface area contributed by atoms with E-state index in [9.17, 15) is 17.9 Å². The van der Waals surface area contributed by atoms with Gasteiger partial charge in [0.05, 0.1) is 6.10 Å². The molecule has 0 aliphatic carbocycles. The number of sulfonamides is 1. The lowest BCUT2D eigenvalue weighted by Crippen LogP contribution is -2.31. The highest BCUT2D eigenvalue weighted by atomic mass is 32.2. The average molecular weight is 246 g/mol. The molecule has 1 saturated heterocycles. The van der Waals surface area contributed by atoms with E-state index < -0.39 is 27.0 Å². The fourth-order valence-electron chi connectivity index (χ4n) is 1.61. The molecule has 1 N–H and O–H groups in total. The van der Waals surface area contributed by atoms with Gasteiger partial charge in [-0.2, -0.15) is 4.31 Å². The Bertz CT molecular complexity index is 491. The molecule has 0 spiro atoms. The second-order valence-electron chi connectivity index (χ2n) is 3.60. The Kier molecular flexibility index (Phi) is 2.92. The standard InChI is InChI=1S/C9H11FN2O3S/c10-8-2-1-4-11-9(8)16(14,15)12-5-3-7(13)6-12/h1-2,4,7,13H,3,5-6H2/t7-/m0/s1. The van der Waals surface area contributed by atoms with Crippen molar-refractivity contribution in [1.82, 2.24) is 9.29 Å². The minimum Gasteiger partial charge on any atom is -0.392 e. The number of aliphatic hydroxyl groups excluding tert-OH is 1. The van der Waals surface area contributed by atoms with Crippen LogP contribution in [0, 0.1) is 5.82 Å². The van der Waals surface area contributed by atoms with Crippen LogP contribution >= 0.6 is 0 Å². The summed E-state index contributed by atoms with van der Waals surface area (Å²) in [6, 6.07) is 2.37. The van der Waals surface area contributed by atoms with Gasteiger partial charge in [-0.25, -0.2) is 17.8 Å². The van der Waals surface area contributed by atoms with Gasteiger partial charge in [0.2, 0.25) is 5.03 Å². The van der Waals surface area contributed by atoms with Crippen molar-refractivity contribution in [2.24, 2.45) is 0 Å². The molecule has 0 amide bonds. The Balaban J connectivity index is 2.36. The van der Waals surface area contributed by atoms with Crippen LogP contribution in [0.4, 0.5) is 4.39 Å². The summed E-state index contributed by atoms with van der Waals surface area (Å²) in [7, 11) is -3.92. The Hall–Kier alpha value is -1.05. The van der Waals surface area contributed by atoms with Crippen molar-refractivity contribution in [2.75, 3.05) is 13.1 Å². The summed E-state index contributed by atoms with van der Waals surface area (Å²) >= 11 is 0. The van der Waals surface area contributed by atoms with Crippen LogP contribution < -0.4 is 0 Å². The van der Waals surface area contributed by atoms with Crippen LogP contribution in [0.3, 0.4) is 0 Å². The molecule has 1 aromatic rings. The zero-order chi connectivity index (χ0) is 11.8. The molecule has 1 aliphatic rings. The zero-order valence-electron chi connectivity index (χ0n) is 8.38. The summed E-state index contributed by atoms with van der Waals surface area (Å²) in [6.07, 6.45) is 0.914. The lowest BCUT2D eigenvalue weighted by molar-refractivity contribution is 0.189. The maximum absolute atomic E-state index is 13.3. The van der Waals surface area contributed by atoms with Crippen molar-refractivity contribution < 1.29 is 17.9 Å². The first-order valence-electron chi connectivity index (χ1n) is 4.80. The first kappa shape index (κ1) is 11.4. The van der Waals surface area contributed by atoms with E-state index in [0.717, 1.165) is 10.4 Å². The number of β-amino-alcohol motifs (C(OH)–C–C–N with tert-alkyl or cyclic N) is 1. The molecule has 1 aliphatic heterocycles. The fraction of sp³-hybridized carbons (Fsp3) is 0.444. The number of halogens is 1. The monoisotopic (exact) mass is 246 g/mol. The third kappa shape index (κ3) is 1.93. The van der Waals surface area contributed by atoms with Gasteiger partial charge in [-0.05, 0) is 18.6 Å². The van der Waals surface area contributed by atoms with Crippen LogP contribution in [-0.2, 0) is 10.0 Å². The summed E-state index contributed by atoms with van der Waals surface area (Å²) in [6.45, 7) is 0.192. The number of hydrogen-bond donors (Lipinski definition) is 1. The van der Waals surface area contributed by atoms with Crippen molar-refractivity contribution in [3.8, 4) is 0 Å². The van der Waals surface area contributed by atoms with Crippen LogP contribution in [0.25, 0.3) is 0 Å². The minimum atomic E-state index is -3.92. The van der Waals surface area contributed by atoms with E-state index in [1.165, 1.54) is 12.3 Å². The van der Waals surface area contributed by atoms with Crippen LogP contribution in [0.5, 0.6) is 0 Å². The van der Waals surface area contributed by atoms with Crippen molar-refractivity contribution in [3.63, 3.8) is 0 Å². The van der Waals surface area contributed by atoms with E-state index in [2.05, 4.69) is 4.98 Å². The van der Waals surface area contributed by atoms with E-state index in [-0.39, 0.29) is 13.1 Å². The smallest absolute Gasteiger partial charge is 0.263 e. The highest BCUT2D eigenvalue weighted by molar-refractivity contribution is 7.89. The third-order valence-corrected chi connectivity index (χ3v) is 4.24. The molecule has 5 nitrogen and oxygen atoms in total. The van der Waals surface area contributed by atoms with Gasteiger partial charge in [-0.1, -0.05) is 0 Å². The van der Waals surface area contributed by atoms with Crippen molar-refractivity contribution >= 4 is 10.0 Å². The molecule has 1 fully saturated rings. The quantitative estimate of drug-likeness (QED) is 0.796. The predicted molar refractivity (Wildman–Crippen MR) is 53.6 cm³/mol. The molecule has 1 atom stereocenters. The van der Waals surface area contributed by atoms with Gasteiger partial charge < -0.3 is 5.11 Å². The van der Waals surface area contributed by atoms with Gasteiger partial charge in [0.25, 0.3) is 10.0 Å². The molecule has 1 aromatic heterocycles. The summed E-state index contributed by atoms with van der Waals surface area (Å²) in [5, 5.41) is 8.68. The van der Waals surface area contributed by atoms with Gasteiger partial charge in [-0.3, -0.25) is 0 Å². The van der Waals surface area contributed by atoms with Crippen LogP contribution in [0.15, 0.2) is 23.4 Å². The minimum absolute atomic E-state index is 0.00164. The molecule has 0 saturated carbocycles. The number of aromatic nitrogens is 1. The van der Waals surface area contributed by atoms with Gasteiger partial charge in [0, 0.05) is 19.3 Å². The Morgan fingerprint density at radius 2 is 2.31 bits per heavy atom. The van der Waals surface area contributed by atoms with Crippen molar-refractivity contribution in [3.05, 3.63) is 24.1 Å². The van der Waals surface area contributed by atoms with Gasteiger partial charge in [0.1, 0.15) is 0 Å². The molecule has 88 valence electrons. The lowest BCUT2D eigenvalue weighted by atomic mass is 10.3. The summed E-state index contributed by atoms with van der Waals surface area (Å²) in [4.78, 5) is 3.53. The van der Waals surface area contributed by atoms with Crippen LogP contribution in [-0.4, -0.2) is 42.0 Å². The van der Waals surface area contributed by atoms with E-state index in [4.69, 9.17) is 0 Å². The number of rotatable bonds is 2. The molecule has 0 aromatic carbocycles. The Labute approximate surface area is 92.6 Å². The van der Waals surface area contributed by atoms with Gasteiger partial charge in [-0.15, -0.1) is 0 Å². The van der Waals surface area contributed by atoms with E-state index >= 15 is 0 Å². The van der Waals surface area contributed by atoms with Crippen molar-refractivity contribution in [1.29, 1.82) is 0 Å². The number of pyridine rings is 1. The SMILES string of the molecule is O=S(=O)(c1ncccc1F)N1CC[C@H](O)C1. The Morgan fingerprint density at radius 3 is 2.88 bits per heavy atom. The van der Waals surface area contributed by atoms with Crippen LogP contribution in [0.2, 0.25) is 0 Å². The Morgan fingerprint density at radius 1 is 1.56 bits per heavy atom. The molecule has 2 heterocycles. The molecular formula is C9H11FN2O3S. The molecule has 0 bridgehead atoms. The number of aliphatic hydroxyl groups is 1.